The average molecular weight is 478 g/mol. The van der Waals surface area contributed by atoms with Gasteiger partial charge in [0.15, 0.2) is 17.5 Å². The molecule has 2 aromatic rings. The molecule has 2 fully saturated rings. The van der Waals surface area contributed by atoms with E-state index in [-0.39, 0.29) is 29.5 Å². The summed E-state index contributed by atoms with van der Waals surface area (Å²) >= 11 is 0. The third kappa shape index (κ3) is 4.22. The van der Waals surface area contributed by atoms with Gasteiger partial charge in [-0.15, -0.1) is 5.10 Å². The highest BCUT2D eigenvalue weighted by molar-refractivity contribution is 5.68. The molecule has 1 saturated carbocycles. The van der Waals surface area contributed by atoms with Crippen molar-refractivity contribution < 1.29 is 22.7 Å². The number of benzene rings is 1. The van der Waals surface area contributed by atoms with Gasteiger partial charge in [0.05, 0.1) is 0 Å². The van der Waals surface area contributed by atoms with Crippen molar-refractivity contribution in [1.82, 2.24) is 19.7 Å². The predicted molar refractivity (Wildman–Crippen MR) is 119 cm³/mol. The summed E-state index contributed by atoms with van der Waals surface area (Å²) in [5, 5.41) is 8.05. The number of halogens is 3. The molecule has 1 saturated heterocycles. The Morgan fingerprint density at radius 3 is 2.47 bits per heavy atom. The molecule has 10 heteroatoms. The summed E-state index contributed by atoms with van der Waals surface area (Å²) < 4.78 is 49.1. The van der Waals surface area contributed by atoms with Crippen LogP contribution in [-0.2, 0) is 11.3 Å². The maximum Gasteiger partial charge on any atom is 0.410 e. The number of rotatable bonds is 3. The van der Waals surface area contributed by atoms with Crippen LogP contribution in [-0.4, -0.2) is 50.5 Å². The lowest BCUT2D eigenvalue weighted by Gasteiger charge is -2.38. The topological polar surface area (TPSA) is 72.3 Å². The van der Waals surface area contributed by atoms with Crippen molar-refractivity contribution in [1.29, 1.82) is 0 Å². The lowest BCUT2D eigenvalue weighted by atomic mass is 9.90. The molecule has 5 rings (SSSR count). The number of aryl methyl sites for hydroxylation is 1. The molecule has 1 amide bonds. The normalized spacial score (nSPS) is 26.4. The number of hydrogen-bond donors (Lipinski definition) is 1. The van der Waals surface area contributed by atoms with E-state index in [2.05, 4.69) is 15.4 Å². The van der Waals surface area contributed by atoms with Crippen LogP contribution in [0.15, 0.2) is 12.1 Å². The van der Waals surface area contributed by atoms with Gasteiger partial charge < -0.3 is 15.0 Å². The fourth-order valence-electron chi connectivity index (χ4n) is 5.60. The summed E-state index contributed by atoms with van der Waals surface area (Å²) in [4.78, 5) is 19.0. The minimum absolute atomic E-state index is 0.101. The van der Waals surface area contributed by atoms with Crippen LogP contribution in [0, 0.1) is 29.3 Å². The monoisotopic (exact) mass is 477 g/mol. The van der Waals surface area contributed by atoms with Crippen molar-refractivity contribution in [2.45, 2.75) is 70.6 Å². The molecule has 3 aliphatic rings. The zero-order valence-corrected chi connectivity index (χ0v) is 19.7. The molecule has 2 bridgehead atoms. The van der Waals surface area contributed by atoms with Gasteiger partial charge in [0.2, 0.25) is 5.95 Å². The first-order valence-corrected chi connectivity index (χ1v) is 11.9. The minimum atomic E-state index is -1.46. The van der Waals surface area contributed by atoms with Crippen LogP contribution in [0.5, 0.6) is 0 Å². The van der Waals surface area contributed by atoms with E-state index in [1.165, 1.54) is 6.07 Å². The number of hydrogen-bond acceptors (Lipinski definition) is 5. The second kappa shape index (κ2) is 8.46. The van der Waals surface area contributed by atoms with Crippen LogP contribution in [0.1, 0.15) is 63.8 Å². The summed E-state index contributed by atoms with van der Waals surface area (Å²) in [5.41, 5.74) is -0.432. The number of fused-ring (bicyclic) bond motifs is 3. The van der Waals surface area contributed by atoms with Crippen molar-refractivity contribution in [2.24, 2.45) is 11.8 Å². The van der Waals surface area contributed by atoms with Crippen LogP contribution in [0.3, 0.4) is 0 Å². The van der Waals surface area contributed by atoms with E-state index < -0.39 is 29.0 Å². The van der Waals surface area contributed by atoms with Crippen molar-refractivity contribution in [3.05, 3.63) is 41.0 Å². The average Bonchev–Trinajstić information content (AvgIpc) is 3.27. The van der Waals surface area contributed by atoms with E-state index in [0.717, 1.165) is 25.3 Å². The molecule has 0 radical (unpaired) electrons. The molecular weight excluding hydrogens is 447 g/mol. The summed E-state index contributed by atoms with van der Waals surface area (Å²) in [6.07, 6.45) is 3.03. The molecule has 2 aliphatic heterocycles. The SMILES string of the molecule is CC(C)(C)OC(=O)N1CC2CCC(C1)C2Nc1nc2n(n1)CCCC2c1ccc(F)c(F)c1F. The first-order chi connectivity index (χ1) is 16.1. The second-order valence-corrected chi connectivity index (χ2v) is 10.6. The smallest absolute Gasteiger partial charge is 0.410 e. The molecule has 1 aromatic carbocycles. The lowest BCUT2D eigenvalue weighted by Crippen LogP contribution is -2.51. The predicted octanol–water partition coefficient (Wildman–Crippen LogP) is 4.68. The number of aromatic nitrogens is 3. The number of likely N-dealkylation sites (tertiary alicyclic amines) is 1. The van der Waals surface area contributed by atoms with E-state index >= 15 is 0 Å². The van der Waals surface area contributed by atoms with E-state index in [1.54, 1.807) is 9.58 Å². The van der Waals surface area contributed by atoms with E-state index in [9.17, 15) is 18.0 Å². The number of anilines is 1. The zero-order valence-electron chi connectivity index (χ0n) is 19.7. The van der Waals surface area contributed by atoms with Gasteiger partial charge in [-0.2, -0.15) is 4.98 Å². The van der Waals surface area contributed by atoms with Gasteiger partial charge in [0.1, 0.15) is 11.4 Å². The highest BCUT2D eigenvalue weighted by Gasteiger charge is 2.45. The Morgan fingerprint density at radius 1 is 1.09 bits per heavy atom. The molecule has 3 heterocycles. The number of nitrogens with zero attached hydrogens (tertiary/aromatic N) is 4. The van der Waals surface area contributed by atoms with Crippen LogP contribution in [0.2, 0.25) is 0 Å². The third-order valence-electron chi connectivity index (χ3n) is 7.10. The first-order valence-electron chi connectivity index (χ1n) is 11.9. The molecule has 184 valence electrons. The molecule has 3 atom stereocenters. The second-order valence-electron chi connectivity index (χ2n) is 10.6. The first kappa shape index (κ1) is 23.0. The fourth-order valence-corrected chi connectivity index (χ4v) is 5.60. The van der Waals surface area contributed by atoms with E-state index in [4.69, 9.17) is 4.74 Å². The Hall–Kier alpha value is -2.78. The molecular formula is C24H30F3N5O2. The van der Waals surface area contributed by atoms with Crippen molar-refractivity contribution in [3.63, 3.8) is 0 Å². The number of amides is 1. The summed E-state index contributed by atoms with van der Waals surface area (Å²) in [5.74, 6) is -2.79. The largest absolute Gasteiger partial charge is 0.444 e. The summed E-state index contributed by atoms with van der Waals surface area (Å²) in [6.45, 7) is 7.44. The molecule has 3 unspecified atom stereocenters. The van der Waals surface area contributed by atoms with Crippen LogP contribution in [0.4, 0.5) is 23.9 Å². The van der Waals surface area contributed by atoms with Gasteiger partial charge in [-0.1, -0.05) is 6.07 Å². The van der Waals surface area contributed by atoms with Crippen LogP contribution in [0.25, 0.3) is 0 Å². The standard InChI is InChI=1S/C24H30F3N5O2/c1-24(2,3)34-23(33)31-11-13-6-7-14(12-31)20(13)28-22-29-21-16(5-4-10-32(21)30-22)15-8-9-17(25)19(27)18(15)26/h8-9,13-14,16,20H,4-7,10-12H2,1-3H3,(H,28,30). The maximum atomic E-state index is 14.5. The molecule has 7 nitrogen and oxygen atoms in total. The van der Waals surface area contributed by atoms with Crippen LogP contribution < -0.4 is 5.32 Å². The maximum absolute atomic E-state index is 14.5. The van der Waals surface area contributed by atoms with Crippen molar-refractivity contribution in [3.8, 4) is 0 Å². The van der Waals surface area contributed by atoms with E-state index in [1.807, 2.05) is 20.8 Å². The Balaban J connectivity index is 1.32. The van der Waals surface area contributed by atoms with Crippen molar-refractivity contribution >= 4 is 12.0 Å². The number of piperidine rings is 1. The molecule has 1 N–H and O–H groups in total. The molecule has 1 aromatic heterocycles. The number of nitrogens with one attached hydrogen (secondary N) is 1. The minimum Gasteiger partial charge on any atom is -0.444 e. The summed E-state index contributed by atoms with van der Waals surface area (Å²) in [6, 6.07) is 2.38. The van der Waals surface area contributed by atoms with Gasteiger partial charge >= 0.3 is 6.09 Å². The summed E-state index contributed by atoms with van der Waals surface area (Å²) in [7, 11) is 0. The highest BCUT2D eigenvalue weighted by atomic mass is 19.2. The number of ether oxygens (including phenoxy) is 1. The zero-order chi connectivity index (χ0) is 24.2. The van der Waals surface area contributed by atoms with Gasteiger partial charge in [0.25, 0.3) is 0 Å². The van der Waals surface area contributed by atoms with Gasteiger partial charge in [-0.05, 0) is 64.4 Å². The number of carbonyl (C=O) groups is 1. The third-order valence-corrected chi connectivity index (χ3v) is 7.10. The van der Waals surface area contributed by atoms with Gasteiger partial charge in [-0.25, -0.2) is 22.6 Å². The molecule has 0 spiro atoms. The fraction of sp³-hybridized carbons (Fsp3) is 0.625. The van der Waals surface area contributed by atoms with E-state index in [0.29, 0.717) is 37.8 Å². The highest BCUT2D eigenvalue weighted by Crippen LogP contribution is 2.40. The number of carbonyl (C=O) groups excluding carboxylic acids is 1. The van der Waals surface area contributed by atoms with Gasteiger partial charge in [0, 0.05) is 37.2 Å². The Morgan fingerprint density at radius 2 is 1.79 bits per heavy atom. The van der Waals surface area contributed by atoms with Crippen LogP contribution >= 0.6 is 0 Å². The van der Waals surface area contributed by atoms with Crippen molar-refractivity contribution in [2.75, 3.05) is 18.4 Å². The molecule has 34 heavy (non-hydrogen) atoms. The van der Waals surface area contributed by atoms with Gasteiger partial charge in [-0.3, -0.25) is 0 Å². The lowest BCUT2D eigenvalue weighted by molar-refractivity contribution is 0.0141. The quantitative estimate of drug-likeness (QED) is 0.650. The molecule has 1 aliphatic carbocycles. The Bertz CT molecular complexity index is 1090. The Labute approximate surface area is 196 Å². The Kier molecular flexibility index (Phi) is 5.72.